The standard InChI is InChI=1S/C17H26N2OS2/c1-12(2)7-8-13(3)18-17(20)19-15-6-4-5-14(11-15)16-21-9-10-22-16/h4-6,11-13,16H,7-10H2,1-3H3,(H2,18,19,20). The summed E-state index contributed by atoms with van der Waals surface area (Å²) < 4.78 is 0.509. The van der Waals surface area contributed by atoms with E-state index in [1.165, 1.54) is 17.1 Å². The molecular weight excluding hydrogens is 312 g/mol. The lowest BCUT2D eigenvalue weighted by atomic mass is 10.0. The SMILES string of the molecule is CC(C)CCC(C)NC(=O)Nc1cccc(C2SCCS2)c1. The average molecular weight is 339 g/mol. The van der Waals surface area contributed by atoms with Gasteiger partial charge >= 0.3 is 6.03 Å². The lowest BCUT2D eigenvalue weighted by Crippen LogP contribution is -2.36. The first-order valence-corrected chi connectivity index (χ1v) is 10.0. The Morgan fingerprint density at radius 3 is 2.64 bits per heavy atom. The number of amides is 2. The van der Waals surface area contributed by atoms with Crippen molar-refractivity contribution in [3.8, 4) is 0 Å². The third-order valence-corrected chi connectivity index (χ3v) is 6.70. The Kier molecular flexibility index (Phi) is 6.96. The van der Waals surface area contributed by atoms with Crippen LogP contribution in [-0.4, -0.2) is 23.6 Å². The van der Waals surface area contributed by atoms with Crippen LogP contribution < -0.4 is 10.6 Å². The maximum atomic E-state index is 12.1. The third-order valence-electron chi connectivity index (χ3n) is 3.59. The lowest BCUT2D eigenvalue weighted by Gasteiger charge is -2.16. The van der Waals surface area contributed by atoms with Gasteiger partial charge in [0.1, 0.15) is 0 Å². The van der Waals surface area contributed by atoms with Crippen molar-refractivity contribution in [1.82, 2.24) is 5.32 Å². The third kappa shape index (κ3) is 5.76. The Labute approximate surface area is 142 Å². The van der Waals surface area contributed by atoms with E-state index in [-0.39, 0.29) is 12.1 Å². The fraction of sp³-hybridized carbons (Fsp3) is 0.588. The smallest absolute Gasteiger partial charge is 0.319 e. The molecule has 1 heterocycles. The highest BCUT2D eigenvalue weighted by Crippen LogP contribution is 2.45. The molecule has 22 heavy (non-hydrogen) atoms. The van der Waals surface area contributed by atoms with E-state index in [1.54, 1.807) is 0 Å². The van der Waals surface area contributed by atoms with Crippen molar-refractivity contribution >= 4 is 35.2 Å². The van der Waals surface area contributed by atoms with E-state index >= 15 is 0 Å². The highest BCUT2D eigenvalue weighted by Gasteiger charge is 2.18. The van der Waals surface area contributed by atoms with Crippen molar-refractivity contribution in [3.63, 3.8) is 0 Å². The molecule has 0 spiro atoms. The molecule has 0 aromatic heterocycles. The fourth-order valence-electron chi connectivity index (χ4n) is 2.36. The summed E-state index contributed by atoms with van der Waals surface area (Å²) in [6.07, 6.45) is 2.15. The Morgan fingerprint density at radius 2 is 1.95 bits per heavy atom. The number of anilines is 1. The van der Waals surface area contributed by atoms with Crippen LogP contribution in [0.3, 0.4) is 0 Å². The molecule has 1 saturated heterocycles. The van der Waals surface area contributed by atoms with Crippen molar-refractivity contribution in [2.45, 2.75) is 44.2 Å². The molecule has 5 heteroatoms. The molecule has 2 N–H and O–H groups in total. The molecule has 3 nitrogen and oxygen atoms in total. The first kappa shape index (κ1) is 17.5. The Balaban J connectivity index is 1.84. The summed E-state index contributed by atoms with van der Waals surface area (Å²) in [7, 11) is 0. The Bertz CT molecular complexity index is 487. The molecule has 2 amide bonds. The van der Waals surface area contributed by atoms with Crippen molar-refractivity contribution in [2.24, 2.45) is 5.92 Å². The first-order valence-electron chi connectivity index (χ1n) is 7.95. The molecule has 0 saturated carbocycles. The minimum Gasteiger partial charge on any atom is -0.335 e. The molecule has 1 unspecified atom stereocenters. The number of hydrogen-bond donors (Lipinski definition) is 2. The summed E-state index contributed by atoms with van der Waals surface area (Å²) in [5, 5.41) is 5.97. The highest BCUT2D eigenvalue weighted by molar-refractivity contribution is 8.19. The summed E-state index contributed by atoms with van der Waals surface area (Å²) in [5.41, 5.74) is 2.16. The summed E-state index contributed by atoms with van der Waals surface area (Å²) in [4.78, 5) is 12.1. The Morgan fingerprint density at radius 1 is 1.23 bits per heavy atom. The van der Waals surface area contributed by atoms with E-state index in [2.05, 4.69) is 43.5 Å². The van der Waals surface area contributed by atoms with Gasteiger partial charge in [-0.25, -0.2) is 4.79 Å². The molecule has 0 radical (unpaired) electrons. The van der Waals surface area contributed by atoms with Gasteiger partial charge in [-0.2, -0.15) is 0 Å². The molecular formula is C17H26N2OS2. The zero-order valence-electron chi connectivity index (χ0n) is 13.6. The number of hydrogen-bond acceptors (Lipinski definition) is 3. The van der Waals surface area contributed by atoms with Crippen LogP contribution in [0.15, 0.2) is 24.3 Å². The van der Waals surface area contributed by atoms with Gasteiger partial charge in [0.05, 0.1) is 4.58 Å². The summed E-state index contributed by atoms with van der Waals surface area (Å²) in [6, 6.07) is 8.30. The number of thioether (sulfide) groups is 2. The van der Waals surface area contributed by atoms with E-state index in [4.69, 9.17) is 0 Å². The van der Waals surface area contributed by atoms with Gasteiger partial charge in [0.15, 0.2) is 0 Å². The molecule has 1 aliphatic heterocycles. The van der Waals surface area contributed by atoms with E-state index in [1.807, 2.05) is 35.7 Å². The monoisotopic (exact) mass is 338 g/mol. The molecule has 1 atom stereocenters. The van der Waals surface area contributed by atoms with Crippen LogP contribution in [-0.2, 0) is 0 Å². The fourth-order valence-corrected chi connectivity index (χ4v) is 5.20. The van der Waals surface area contributed by atoms with E-state index in [0.29, 0.717) is 10.5 Å². The van der Waals surface area contributed by atoms with Crippen molar-refractivity contribution in [2.75, 3.05) is 16.8 Å². The minimum atomic E-state index is -0.111. The number of carbonyl (C=O) groups excluding carboxylic acids is 1. The number of benzene rings is 1. The van der Waals surface area contributed by atoms with Crippen LogP contribution >= 0.6 is 23.5 Å². The van der Waals surface area contributed by atoms with Crippen LogP contribution in [0.4, 0.5) is 10.5 Å². The first-order chi connectivity index (χ1) is 10.5. The van der Waals surface area contributed by atoms with Gasteiger partial charge in [-0.1, -0.05) is 26.0 Å². The predicted octanol–water partition coefficient (Wildman–Crippen LogP) is 5.11. The van der Waals surface area contributed by atoms with Crippen molar-refractivity contribution in [3.05, 3.63) is 29.8 Å². The average Bonchev–Trinajstić information content (AvgIpc) is 2.99. The van der Waals surface area contributed by atoms with Gasteiger partial charge in [0.25, 0.3) is 0 Å². The number of carbonyl (C=O) groups is 1. The van der Waals surface area contributed by atoms with E-state index < -0.39 is 0 Å². The summed E-state index contributed by atoms with van der Waals surface area (Å²) >= 11 is 3.96. The molecule has 2 rings (SSSR count). The highest BCUT2D eigenvalue weighted by atomic mass is 32.2. The number of urea groups is 1. The van der Waals surface area contributed by atoms with Gasteiger partial charge in [-0.3, -0.25) is 0 Å². The Hall–Kier alpha value is -0.810. The van der Waals surface area contributed by atoms with Gasteiger partial charge < -0.3 is 10.6 Å². The number of nitrogens with one attached hydrogen (secondary N) is 2. The molecule has 1 aromatic rings. The second kappa shape index (κ2) is 8.73. The molecule has 122 valence electrons. The number of rotatable bonds is 6. The second-order valence-corrected chi connectivity index (χ2v) is 8.89. The van der Waals surface area contributed by atoms with Gasteiger partial charge in [-0.15, -0.1) is 23.5 Å². The minimum absolute atomic E-state index is 0.111. The van der Waals surface area contributed by atoms with E-state index in [9.17, 15) is 4.79 Å². The maximum Gasteiger partial charge on any atom is 0.319 e. The topological polar surface area (TPSA) is 41.1 Å². The van der Waals surface area contributed by atoms with Gasteiger partial charge in [0.2, 0.25) is 0 Å². The van der Waals surface area contributed by atoms with Crippen LogP contribution in [0.5, 0.6) is 0 Å². The van der Waals surface area contributed by atoms with Gasteiger partial charge in [0, 0.05) is 23.2 Å². The quantitative estimate of drug-likeness (QED) is 0.757. The molecule has 1 aromatic carbocycles. The molecule has 0 bridgehead atoms. The normalized spacial score (nSPS) is 16.7. The van der Waals surface area contributed by atoms with Crippen LogP contribution in [0.2, 0.25) is 0 Å². The van der Waals surface area contributed by atoms with Crippen LogP contribution in [0.25, 0.3) is 0 Å². The summed E-state index contributed by atoms with van der Waals surface area (Å²) in [6.45, 7) is 6.47. The molecule has 1 aliphatic rings. The molecule has 1 fully saturated rings. The van der Waals surface area contributed by atoms with Crippen molar-refractivity contribution < 1.29 is 4.79 Å². The van der Waals surface area contributed by atoms with Crippen LogP contribution in [0.1, 0.15) is 43.8 Å². The van der Waals surface area contributed by atoms with E-state index in [0.717, 1.165) is 18.5 Å². The van der Waals surface area contributed by atoms with Crippen molar-refractivity contribution in [1.29, 1.82) is 0 Å². The second-order valence-electron chi connectivity index (χ2n) is 6.17. The zero-order valence-corrected chi connectivity index (χ0v) is 15.2. The molecule has 0 aliphatic carbocycles. The predicted molar refractivity (Wildman–Crippen MR) is 99.8 cm³/mol. The largest absolute Gasteiger partial charge is 0.335 e. The maximum absolute atomic E-state index is 12.1. The summed E-state index contributed by atoms with van der Waals surface area (Å²) in [5.74, 6) is 3.09. The van der Waals surface area contributed by atoms with Crippen LogP contribution in [0, 0.1) is 5.92 Å². The lowest BCUT2D eigenvalue weighted by molar-refractivity contribution is 0.248. The zero-order chi connectivity index (χ0) is 15.9. The van der Waals surface area contributed by atoms with Gasteiger partial charge in [-0.05, 0) is 43.4 Å².